The minimum Gasteiger partial charge on any atom is -0.489 e. The average molecular weight is 833 g/mol. The Hall–Kier alpha value is -5.45. The van der Waals surface area contributed by atoms with E-state index < -0.39 is 11.9 Å². The number of piperidine rings is 2. The maximum atomic E-state index is 13.5. The highest BCUT2D eigenvalue weighted by Crippen LogP contribution is 2.55. The fourth-order valence-electron chi connectivity index (χ4n) is 10.4. The number of amides is 3. The van der Waals surface area contributed by atoms with Crippen molar-refractivity contribution in [1.29, 1.82) is 5.26 Å². The molecule has 1 aromatic heterocycles. The average Bonchev–Trinajstić information content (AvgIpc) is 3.22. The van der Waals surface area contributed by atoms with Crippen molar-refractivity contribution in [3.63, 3.8) is 0 Å². The molecule has 4 heterocycles. The number of benzene rings is 3. The molecule has 60 heavy (non-hydrogen) atoms. The van der Waals surface area contributed by atoms with Crippen LogP contribution in [0.1, 0.15) is 82.3 Å². The predicted octanol–water partition coefficient (Wildman–Crippen LogP) is 5.94. The van der Waals surface area contributed by atoms with E-state index in [9.17, 15) is 24.4 Å². The van der Waals surface area contributed by atoms with Crippen LogP contribution in [0.4, 0.5) is 11.4 Å². The van der Waals surface area contributed by atoms with Gasteiger partial charge in [0.05, 0.1) is 22.2 Å². The second-order valence-electron chi connectivity index (χ2n) is 18.2. The number of nitrogens with one attached hydrogen (secondary N) is 2. The number of nitrogens with zero attached hydrogens (tertiary/aromatic N) is 6. The smallest absolute Gasteiger partial charge is 0.275 e. The largest absolute Gasteiger partial charge is 0.489 e. The molecule has 3 amide bonds. The molecule has 3 saturated heterocycles. The summed E-state index contributed by atoms with van der Waals surface area (Å²) in [5.41, 5.74) is 2.20. The number of nitriles is 1. The summed E-state index contributed by atoms with van der Waals surface area (Å²) in [6, 6.07) is 20.4. The highest BCUT2D eigenvalue weighted by molar-refractivity contribution is 6.31. The third-order valence-electron chi connectivity index (χ3n) is 13.4. The first-order valence-corrected chi connectivity index (χ1v) is 21.4. The standard InChI is InChI=1S/C46H53ClN8O5/c1-28-26-52(20-21-54(28)34-11-13-36-32(22-34)25-49-55(42(36)59)38-14-15-39(56)50-41(38)58)27-29-16-18-53(19-17-29)33-9-6-30(7-10-33)40(57)51-43-45(2,3)44(46(43,4)5)60-35-12-8-31(24-48)37(47)23-35/h6-13,22-23,25,28-29,38,43-44H,14-21,26-27H2,1-5H3,(H,51,57)(H,50,56,58)/t28-,38-,43?,44?/m0/s1. The summed E-state index contributed by atoms with van der Waals surface area (Å²) in [4.78, 5) is 58.2. The van der Waals surface area contributed by atoms with Crippen LogP contribution in [0.2, 0.25) is 5.02 Å². The van der Waals surface area contributed by atoms with Crippen LogP contribution in [-0.4, -0.2) is 89.9 Å². The van der Waals surface area contributed by atoms with Gasteiger partial charge < -0.3 is 19.9 Å². The maximum absolute atomic E-state index is 13.5. The van der Waals surface area contributed by atoms with Gasteiger partial charge >= 0.3 is 0 Å². The number of rotatable bonds is 9. The lowest BCUT2D eigenvalue weighted by Gasteiger charge is -2.63. The fraction of sp³-hybridized carbons (Fsp3) is 0.478. The molecule has 0 unspecified atom stereocenters. The lowest BCUT2D eigenvalue weighted by Crippen LogP contribution is -2.74. The molecule has 13 nitrogen and oxygen atoms in total. The Morgan fingerprint density at radius 3 is 2.33 bits per heavy atom. The molecule has 314 valence electrons. The van der Waals surface area contributed by atoms with Crippen molar-refractivity contribution >= 4 is 51.5 Å². The fourth-order valence-corrected chi connectivity index (χ4v) is 10.6. The topological polar surface area (TPSA) is 153 Å². The molecule has 0 bridgehead atoms. The summed E-state index contributed by atoms with van der Waals surface area (Å²) in [5, 5.41) is 20.8. The van der Waals surface area contributed by atoms with E-state index in [1.165, 1.54) is 4.68 Å². The van der Waals surface area contributed by atoms with Crippen LogP contribution in [0.5, 0.6) is 5.75 Å². The van der Waals surface area contributed by atoms with Crippen molar-refractivity contribution in [3.8, 4) is 11.8 Å². The van der Waals surface area contributed by atoms with Gasteiger partial charge in [-0.15, -0.1) is 0 Å². The van der Waals surface area contributed by atoms with Gasteiger partial charge in [-0.3, -0.25) is 29.4 Å². The molecule has 2 N–H and O–H groups in total. The van der Waals surface area contributed by atoms with Crippen LogP contribution in [0.15, 0.2) is 71.7 Å². The number of ether oxygens (including phenoxy) is 1. The van der Waals surface area contributed by atoms with Gasteiger partial charge in [0.25, 0.3) is 17.4 Å². The zero-order valence-corrected chi connectivity index (χ0v) is 35.7. The van der Waals surface area contributed by atoms with E-state index >= 15 is 0 Å². The maximum Gasteiger partial charge on any atom is 0.275 e. The third-order valence-corrected chi connectivity index (χ3v) is 13.7. The summed E-state index contributed by atoms with van der Waals surface area (Å²) in [6.45, 7) is 16.5. The molecule has 1 aliphatic carbocycles. The van der Waals surface area contributed by atoms with E-state index in [0.717, 1.165) is 68.9 Å². The number of carbonyl (C=O) groups is 3. The first-order valence-electron chi connectivity index (χ1n) is 21.0. The van der Waals surface area contributed by atoms with Crippen LogP contribution in [-0.2, 0) is 9.59 Å². The Bertz CT molecular complexity index is 2400. The number of hydrogen-bond acceptors (Lipinski definition) is 10. The van der Waals surface area contributed by atoms with Crippen LogP contribution < -0.4 is 30.7 Å². The van der Waals surface area contributed by atoms with Crippen molar-refractivity contribution in [1.82, 2.24) is 25.3 Å². The lowest BCUT2D eigenvalue weighted by molar-refractivity contribution is -0.164. The molecular weight excluding hydrogens is 780 g/mol. The monoisotopic (exact) mass is 832 g/mol. The van der Waals surface area contributed by atoms with Gasteiger partial charge in [-0.05, 0) is 86.7 Å². The number of imide groups is 1. The van der Waals surface area contributed by atoms with Gasteiger partial charge in [0.1, 0.15) is 24.0 Å². The molecule has 0 spiro atoms. The summed E-state index contributed by atoms with van der Waals surface area (Å²) >= 11 is 6.26. The number of halogens is 1. The second kappa shape index (κ2) is 16.2. The van der Waals surface area contributed by atoms with Crippen molar-refractivity contribution < 1.29 is 19.1 Å². The Morgan fingerprint density at radius 1 is 0.950 bits per heavy atom. The molecule has 8 rings (SSSR count). The zero-order valence-electron chi connectivity index (χ0n) is 34.9. The normalized spacial score (nSPS) is 24.4. The SMILES string of the molecule is C[C@H]1CN(CC2CCN(c3ccc(C(=O)NC4C(C)(C)C(Oc5ccc(C#N)c(Cl)c5)C4(C)C)cc3)CC2)CCN1c1ccc2c(=O)n([C@H]3CCC(=O)NC3=O)ncc2c1. The van der Waals surface area contributed by atoms with Gasteiger partial charge in [-0.2, -0.15) is 10.4 Å². The Kier molecular flexibility index (Phi) is 11.1. The van der Waals surface area contributed by atoms with Gasteiger partial charge in [-0.25, -0.2) is 4.68 Å². The van der Waals surface area contributed by atoms with E-state index in [4.69, 9.17) is 16.3 Å². The summed E-state index contributed by atoms with van der Waals surface area (Å²) < 4.78 is 7.60. The van der Waals surface area contributed by atoms with E-state index in [2.05, 4.69) is 83.3 Å². The number of carbonyl (C=O) groups excluding carboxylic acids is 3. The summed E-state index contributed by atoms with van der Waals surface area (Å²) in [5.74, 6) is 0.297. The van der Waals surface area contributed by atoms with E-state index in [1.54, 1.807) is 24.4 Å². The zero-order chi connectivity index (χ0) is 42.5. The van der Waals surface area contributed by atoms with Crippen LogP contribution in [0.25, 0.3) is 10.8 Å². The van der Waals surface area contributed by atoms with Gasteiger partial charge in [-0.1, -0.05) is 39.3 Å². The molecule has 4 fully saturated rings. The predicted molar refractivity (Wildman–Crippen MR) is 231 cm³/mol. The van der Waals surface area contributed by atoms with Crippen molar-refractivity contribution in [2.45, 2.75) is 84.5 Å². The number of fused-ring (bicyclic) bond motifs is 1. The van der Waals surface area contributed by atoms with Crippen LogP contribution >= 0.6 is 11.6 Å². The van der Waals surface area contributed by atoms with Gasteiger partial charge in [0.15, 0.2) is 0 Å². The first-order chi connectivity index (χ1) is 28.6. The Morgan fingerprint density at radius 2 is 1.67 bits per heavy atom. The van der Waals surface area contributed by atoms with Gasteiger partial charge in [0, 0.05) is 97.0 Å². The van der Waals surface area contributed by atoms with E-state index in [-0.39, 0.29) is 59.2 Å². The minimum atomic E-state index is -0.786. The minimum absolute atomic E-state index is 0.102. The van der Waals surface area contributed by atoms with Gasteiger partial charge in [0.2, 0.25) is 5.91 Å². The highest BCUT2D eigenvalue weighted by Gasteiger charge is 2.64. The Labute approximate surface area is 355 Å². The van der Waals surface area contributed by atoms with E-state index in [1.807, 2.05) is 30.3 Å². The van der Waals surface area contributed by atoms with Crippen LogP contribution in [0.3, 0.4) is 0 Å². The first kappa shape index (κ1) is 41.3. The quantitative estimate of drug-likeness (QED) is 0.194. The molecule has 4 aromatic rings. The number of anilines is 2. The van der Waals surface area contributed by atoms with Crippen LogP contribution in [0, 0.1) is 28.1 Å². The summed E-state index contributed by atoms with van der Waals surface area (Å²) in [7, 11) is 0. The second-order valence-corrected chi connectivity index (χ2v) is 18.6. The third kappa shape index (κ3) is 7.83. The lowest BCUT2D eigenvalue weighted by atomic mass is 9.49. The summed E-state index contributed by atoms with van der Waals surface area (Å²) in [6.07, 6.45) is 4.12. The molecule has 1 saturated carbocycles. The molecule has 0 radical (unpaired) electrons. The molecule has 4 aliphatic rings. The van der Waals surface area contributed by atoms with Crippen molar-refractivity contribution in [2.24, 2.45) is 16.7 Å². The Balaban J connectivity index is 0.806. The molecule has 2 atom stereocenters. The molecule has 3 aliphatic heterocycles. The molecule has 3 aromatic carbocycles. The number of hydrogen-bond donors (Lipinski definition) is 2. The van der Waals surface area contributed by atoms with E-state index in [0.29, 0.717) is 33.2 Å². The number of piperazine rings is 1. The molecular formula is C46H53ClN8O5. The number of aromatic nitrogens is 2. The highest BCUT2D eigenvalue weighted by atomic mass is 35.5. The van der Waals surface area contributed by atoms with Crippen molar-refractivity contribution in [2.75, 3.05) is 49.1 Å². The molecule has 14 heteroatoms. The van der Waals surface area contributed by atoms with Crippen molar-refractivity contribution in [3.05, 3.63) is 93.4 Å².